The van der Waals surface area contributed by atoms with Crippen molar-refractivity contribution in [2.45, 2.75) is 20.8 Å². The predicted octanol–water partition coefficient (Wildman–Crippen LogP) is 2.64. The van der Waals surface area contributed by atoms with Crippen molar-refractivity contribution in [1.82, 2.24) is 0 Å². The van der Waals surface area contributed by atoms with Crippen LogP contribution in [0.25, 0.3) is 0 Å². The summed E-state index contributed by atoms with van der Waals surface area (Å²) in [5.74, 6) is 0.223. The molecule has 15 heavy (non-hydrogen) atoms. The molecule has 0 aliphatic carbocycles. The number of anilines is 1. The van der Waals surface area contributed by atoms with E-state index >= 15 is 0 Å². The van der Waals surface area contributed by atoms with Crippen molar-refractivity contribution >= 4 is 22.9 Å². The summed E-state index contributed by atoms with van der Waals surface area (Å²) in [4.78, 5) is 0.562. The second-order valence-corrected chi connectivity index (χ2v) is 4.53. The number of hydrogen-bond donors (Lipinski definition) is 2. The Morgan fingerprint density at radius 1 is 1.33 bits per heavy atom. The average molecular weight is 222 g/mol. The molecular weight excluding hydrogens is 204 g/mol. The van der Waals surface area contributed by atoms with E-state index in [1.165, 1.54) is 11.1 Å². The molecule has 2 nitrogen and oxygen atoms in total. The lowest BCUT2D eigenvalue weighted by Gasteiger charge is -2.13. The fourth-order valence-corrected chi connectivity index (χ4v) is 1.53. The Kier molecular flexibility index (Phi) is 4.09. The van der Waals surface area contributed by atoms with Crippen molar-refractivity contribution < 1.29 is 0 Å². The van der Waals surface area contributed by atoms with E-state index in [0.29, 0.717) is 4.99 Å². The van der Waals surface area contributed by atoms with Gasteiger partial charge in [-0.25, -0.2) is 0 Å². The van der Waals surface area contributed by atoms with Crippen LogP contribution in [0.2, 0.25) is 0 Å². The fraction of sp³-hybridized carbons (Fsp3) is 0.417. The number of nitrogens with two attached hydrogens (primary N) is 1. The van der Waals surface area contributed by atoms with Crippen molar-refractivity contribution in [2.75, 3.05) is 11.9 Å². The van der Waals surface area contributed by atoms with Gasteiger partial charge in [0.1, 0.15) is 0 Å². The molecule has 1 rings (SSSR count). The van der Waals surface area contributed by atoms with E-state index in [1.54, 1.807) is 0 Å². The minimum Gasteiger partial charge on any atom is -0.393 e. The molecule has 1 unspecified atom stereocenters. The highest BCUT2D eigenvalue weighted by Crippen LogP contribution is 2.14. The van der Waals surface area contributed by atoms with Gasteiger partial charge < -0.3 is 11.1 Å². The topological polar surface area (TPSA) is 38.0 Å². The molecule has 0 aromatic heterocycles. The van der Waals surface area contributed by atoms with Crippen molar-refractivity contribution in [1.29, 1.82) is 0 Å². The van der Waals surface area contributed by atoms with E-state index in [4.69, 9.17) is 18.0 Å². The van der Waals surface area contributed by atoms with Crippen molar-refractivity contribution in [3.8, 4) is 0 Å². The third-order valence-electron chi connectivity index (χ3n) is 2.32. The molecule has 0 radical (unpaired) electrons. The first-order valence-corrected chi connectivity index (χ1v) is 5.51. The maximum Gasteiger partial charge on any atom is 0.0773 e. The second-order valence-electron chi connectivity index (χ2n) is 4.06. The Labute approximate surface area is 96.9 Å². The normalized spacial score (nSPS) is 12.2. The number of benzene rings is 1. The zero-order chi connectivity index (χ0) is 11.4. The standard InChI is InChI=1S/C12H18N2S/c1-8-4-9(2)6-11(5-8)14-7-10(3)12(13)15/h4-6,10,14H,7H2,1-3H3,(H2,13,15). The monoisotopic (exact) mass is 222 g/mol. The molecule has 0 aliphatic heterocycles. The van der Waals surface area contributed by atoms with E-state index in [2.05, 4.69) is 37.4 Å². The first-order valence-electron chi connectivity index (χ1n) is 5.10. The van der Waals surface area contributed by atoms with Crippen molar-refractivity contribution in [2.24, 2.45) is 11.7 Å². The lowest BCUT2D eigenvalue weighted by Crippen LogP contribution is -2.25. The minimum atomic E-state index is 0.223. The first kappa shape index (κ1) is 12.0. The van der Waals surface area contributed by atoms with Gasteiger partial charge in [0.15, 0.2) is 0 Å². The number of rotatable bonds is 4. The molecule has 0 saturated carbocycles. The molecule has 1 aromatic carbocycles. The molecule has 1 atom stereocenters. The minimum absolute atomic E-state index is 0.223. The Balaban J connectivity index is 2.61. The third kappa shape index (κ3) is 3.88. The summed E-state index contributed by atoms with van der Waals surface area (Å²) in [5.41, 5.74) is 9.21. The smallest absolute Gasteiger partial charge is 0.0773 e. The number of aryl methyl sites for hydroxylation is 2. The molecule has 0 bridgehead atoms. The molecule has 0 saturated heterocycles. The van der Waals surface area contributed by atoms with Gasteiger partial charge in [0.2, 0.25) is 0 Å². The maximum absolute atomic E-state index is 5.55. The summed E-state index contributed by atoms with van der Waals surface area (Å²) < 4.78 is 0. The highest BCUT2D eigenvalue weighted by atomic mass is 32.1. The van der Waals surface area contributed by atoms with E-state index < -0.39 is 0 Å². The molecular formula is C12H18N2S. The number of nitrogens with one attached hydrogen (secondary N) is 1. The molecule has 0 amide bonds. The van der Waals surface area contributed by atoms with Gasteiger partial charge in [-0.05, 0) is 37.1 Å². The molecule has 0 spiro atoms. The largest absolute Gasteiger partial charge is 0.393 e. The predicted molar refractivity (Wildman–Crippen MR) is 70.4 cm³/mol. The third-order valence-corrected chi connectivity index (χ3v) is 2.72. The maximum atomic E-state index is 5.55. The van der Waals surface area contributed by atoms with Crippen LogP contribution in [-0.4, -0.2) is 11.5 Å². The molecule has 3 N–H and O–H groups in total. The Morgan fingerprint density at radius 3 is 2.33 bits per heavy atom. The summed E-state index contributed by atoms with van der Waals surface area (Å²) in [6, 6.07) is 6.40. The molecule has 0 heterocycles. The van der Waals surface area contributed by atoms with Gasteiger partial charge in [-0.15, -0.1) is 0 Å². The Bertz CT molecular complexity index is 340. The number of thiocarbonyl (C=S) groups is 1. The lowest BCUT2D eigenvalue weighted by molar-refractivity contribution is 0.821. The quantitative estimate of drug-likeness (QED) is 0.769. The summed E-state index contributed by atoms with van der Waals surface area (Å²) >= 11 is 4.92. The van der Waals surface area contributed by atoms with Gasteiger partial charge in [-0.1, -0.05) is 25.2 Å². The van der Waals surface area contributed by atoms with Gasteiger partial charge in [-0.3, -0.25) is 0 Å². The molecule has 3 heteroatoms. The fourth-order valence-electron chi connectivity index (χ4n) is 1.45. The Morgan fingerprint density at radius 2 is 1.87 bits per heavy atom. The first-order chi connectivity index (χ1) is 6.99. The SMILES string of the molecule is Cc1cc(C)cc(NCC(C)C(N)=S)c1. The summed E-state index contributed by atoms with van der Waals surface area (Å²) in [6.45, 7) is 7.00. The van der Waals surface area contributed by atoms with E-state index in [1.807, 2.05) is 6.92 Å². The average Bonchev–Trinajstić information content (AvgIpc) is 2.12. The van der Waals surface area contributed by atoms with Crippen LogP contribution in [0, 0.1) is 19.8 Å². The highest BCUT2D eigenvalue weighted by molar-refractivity contribution is 7.80. The van der Waals surface area contributed by atoms with Gasteiger partial charge in [0.25, 0.3) is 0 Å². The molecule has 1 aromatic rings. The second kappa shape index (κ2) is 5.12. The van der Waals surface area contributed by atoms with Crippen LogP contribution in [0.3, 0.4) is 0 Å². The summed E-state index contributed by atoms with van der Waals surface area (Å²) in [5, 5.41) is 3.34. The van der Waals surface area contributed by atoms with Gasteiger partial charge in [0.05, 0.1) is 4.99 Å². The van der Waals surface area contributed by atoms with Crippen molar-refractivity contribution in [3.63, 3.8) is 0 Å². The van der Waals surface area contributed by atoms with Gasteiger partial charge >= 0.3 is 0 Å². The van der Waals surface area contributed by atoms with Crippen LogP contribution in [0.5, 0.6) is 0 Å². The van der Waals surface area contributed by atoms with E-state index in [-0.39, 0.29) is 5.92 Å². The van der Waals surface area contributed by atoms with Crippen molar-refractivity contribution in [3.05, 3.63) is 29.3 Å². The zero-order valence-electron chi connectivity index (χ0n) is 9.50. The van der Waals surface area contributed by atoms with Crippen LogP contribution >= 0.6 is 12.2 Å². The zero-order valence-corrected chi connectivity index (χ0v) is 10.3. The van der Waals surface area contributed by atoms with Crippen LogP contribution in [-0.2, 0) is 0 Å². The van der Waals surface area contributed by atoms with Crippen LogP contribution < -0.4 is 11.1 Å². The van der Waals surface area contributed by atoms with E-state index in [0.717, 1.165) is 12.2 Å². The summed E-state index contributed by atoms with van der Waals surface area (Å²) in [6.07, 6.45) is 0. The highest BCUT2D eigenvalue weighted by Gasteiger charge is 2.04. The van der Waals surface area contributed by atoms with Gasteiger partial charge in [-0.2, -0.15) is 0 Å². The lowest BCUT2D eigenvalue weighted by atomic mass is 10.1. The summed E-state index contributed by atoms with van der Waals surface area (Å²) in [7, 11) is 0. The number of hydrogen-bond acceptors (Lipinski definition) is 2. The van der Waals surface area contributed by atoms with Crippen LogP contribution in [0.1, 0.15) is 18.1 Å². The van der Waals surface area contributed by atoms with Gasteiger partial charge in [0, 0.05) is 18.2 Å². The van der Waals surface area contributed by atoms with E-state index in [9.17, 15) is 0 Å². The molecule has 0 fully saturated rings. The molecule has 82 valence electrons. The van der Waals surface area contributed by atoms with Crippen LogP contribution in [0.4, 0.5) is 5.69 Å². The Hall–Kier alpha value is -1.09. The van der Waals surface area contributed by atoms with Crippen LogP contribution in [0.15, 0.2) is 18.2 Å². The molecule has 0 aliphatic rings.